The molecule has 2 aromatic rings. The van der Waals surface area contributed by atoms with E-state index >= 15 is 0 Å². The molecule has 22 heavy (non-hydrogen) atoms. The van der Waals surface area contributed by atoms with Gasteiger partial charge in [0.15, 0.2) is 6.67 Å². The zero-order valence-corrected chi connectivity index (χ0v) is 13.7. The highest BCUT2D eigenvalue weighted by molar-refractivity contribution is 7.71. The normalized spacial score (nSPS) is 16.1. The zero-order chi connectivity index (χ0) is 15.5. The SMILES string of the molecule is C[NH+](Cc1cccc(F)c1)Cn1nc2n(c1=S)CCCCC2. The van der Waals surface area contributed by atoms with Crippen molar-refractivity contribution < 1.29 is 9.29 Å². The highest BCUT2D eigenvalue weighted by Gasteiger charge is 2.15. The molecule has 0 saturated heterocycles. The minimum atomic E-state index is -0.185. The van der Waals surface area contributed by atoms with E-state index in [1.165, 1.54) is 30.2 Å². The van der Waals surface area contributed by atoms with Crippen molar-refractivity contribution in [2.24, 2.45) is 0 Å². The van der Waals surface area contributed by atoms with Crippen molar-refractivity contribution in [3.05, 3.63) is 46.2 Å². The van der Waals surface area contributed by atoms with Gasteiger partial charge >= 0.3 is 0 Å². The first-order valence-electron chi connectivity index (χ1n) is 7.86. The lowest BCUT2D eigenvalue weighted by atomic mass is 10.2. The molecule has 0 saturated carbocycles. The molecule has 0 bridgehead atoms. The summed E-state index contributed by atoms with van der Waals surface area (Å²) in [4.78, 5) is 1.23. The number of quaternary nitrogens is 1. The number of aryl methyl sites for hydroxylation is 1. The Hall–Kier alpha value is -1.53. The standard InChI is InChI=1S/C16H21FN4S/c1-19(11-13-6-5-7-14(17)10-13)12-21-16(22)20-9-4-2-3-8-15(20)18-21/h5-7,10H,2-4,8-9,11-12H2,1H3/p+1. The van der Waals surface area contributed by atoms with Crippen LogP contribution in [0.3, 0.4) is 0 Å². The molecule has 0 aliphatic carbocycles. The summed E-state index contributed by atoms with van der Waals surface area (Å²) in [7, 11) is 2.08. The summed E-state index contributed by atoms with van der Waals surface area (Å²) in [5.74, 6) is 0.927. The summed E-state index contributed by atoms with van der Waals surface area (Å²) in [5, 5.41) is 4.69. The quantitative estimate of drug-likeness (QED) is 0.872. The Bertz CT molecular complexity index is 706. The van der Waals surface area contributed by atoms with Gasteiger partial charge in [-0.25, -0.2) is 4.39 Å². The van der Waals surface area contributed by atoms with Crippen molar-refractivity contribution in [2.45, 2.75) is 45.4 Å². The highest BCUT2D eigenvalue weighted by Crippen LogP contribution is 2.13. The number of hydrogen-bond acceptors (Lipinski definition) is 2. The monoisotopic (exact) mass is 321 g/mol. The van der Waals surface area contributed by atoms with Crippen LogP contribution in [0.1, 0.15) is 30.7 Å². The lowest BCUT2D eigenvalue weighted by Crippen LogP contribution is -3.07. The number of nitrogens with one attached hydrogen (secondary N) is 1. The lowest BCUT2D eigenvalue weighted by Gasteiger charge is -2.13. The molecule has 6 heteroatoms. The summed E-state index contributed by atoms with van der Waals surface area (Å²) in [6.45, 7) is 2.44. The summed E-state index contributed by atoms with van der Waals surface area (Å²) in [6, 6.07) is 6.77. The predicted octanol–water partition coefficient (Wildman–Crippen LogP) is 1.95. The van der Waals surface area contributed by atoms with Gasteiger partial charge in [0.1, 0.15) is 18.2 Å². The first-order chi connectivity index (χ1) is 10.6. The van der Waals surface area contributed by atoms with Crippen LogP contribution in [0, 0.1) is 10.6 Å². The van der Waals surface area contributed by atoms with Gasteiger partial charge in [-0.15, -0.1) is 0 Å². The second-order valence-corrected chi connectivity index (χ2v) is 6.45. The van der Waals surface area contributed by atoms with E-state index in [0.29, 0.717) is 6.67 Å². The number of aromatic nitrogens is 3. The molecule has 1 aliphatic heterocycles. The summed E-state index contributed by atoms with van der Waals surface area (Å²) in [5.41, 5.74) is 0.991. The third kappa shape index (κ3) is 3.44. The average molecular weight is 321 g/mol. The molecule has 0 fully saturated rings. The molecule has 0 amide bonds. The van der Waals surface area contributed by atoms with Gasteiger partial charge in [-0.05, 0) is 37.2 Å². The van der Waals surface area contributed by atoms with Crippen molar-refractivity contribution in [3.63, 3.8) is 0 Å². The van der Waals surface area contributed by atoms with E-state index in [0.717, 1.165) is 35.7 Å². The fraction of sp³-hybridized carbons (Fsp3) is 0.500. The van der Waals surface area contributed by atoms with E-state index in [9.17, 15) is 4.39 Å². The summed E-state index contributed by atoms with van der Waals surface area (Å²) < 4.78 is 18.2. The van der Waals surface area contributed by atoms with Gasteiger partial charge in [-0.3, -0.25) is 0 Å². The fourth-order valence-electron chi connectivity index (χ4n) is 3.04. The van der Waals surface area contributed by atoms with Crippen molar-refractivity contribution in [1.82, 2.24) is 14.3 Å². The number of halogens is 1. The lowest BCUT2D eigenvalue weighted by molar-refractivity contribution is -0.917. The third-order valence-electron chi connectivity index (χ3n) is 4.10. The number of hydrogen-bond donors (Lipinski definition) is 1. The van der Waals surface area contributed by atoms with Crippen LogP contribution in [0.2, 0.25) is 0 Å². The molecular formula is C16H22FN4S+. The van der Waals surface area contributed by atoms with Crippen molar-refractivity contribution in [1.29, 1.82) is 0 Å². The van der Waals surface area contributed by atoms with Gasteiger partial charge in [0.05, 0.1) is 7.05 Å². The fourth-order valence-corrected chi connectivity index (χ4v) is 3.34. The predicted molar refractivity (Wildman–Crippen MR) is 85.6 cm³/mol. The molecule has 2 heterocycles. The van der Waals surface area contributed by atoms with E-state index in [1.54, 1.807) is 12.1 Å². The van der Waals surface area contributed by atoms with Crippen LogP contribution in [-0.4, -0.2) is 21.4 Å². The van der Waals surface area contributed by atoms with Crippen LogP contribution >= 0.6 is 12.2 Å². The van der Waals surface area contributed by atoms with Crippen LogP contribution in [0.4, 0.5) is 4.39 Å². The summed E-state index contributed by atoms with van der Waals surface area (Å²) in [6.07, 6.45) is 4.64. The first kappa shape index (κ1) is 15.4. The van der Waals surface area contributed by atoms with E-state index in [1.807, 2.05) is 10.7 Å². The van der Waals surface area contributed by atoms with Gasteiger partial charge in [0, 0.05) is 18.5 Å². The molecule has 4 nitrogen and oxygen atoms in total. The minimum absolute atomic E-state index is 0.185. The minimum Gasteiger partial charge on any atom is -0.315 e. The Morgan fingerprint density at radius 3 is 3.00 bits per heavy atom. The Morgan fingerprint density at radius 1 is 1.32 bits per heavy atom. The Labute approximate surface area is 135 Å². The van der Waals surface area contributed by atoms with E-state index in [2.05, 4.69) is 11.6 Å². The smallest absolute Gasteiger partial charge is 0.202 e. The topological polar surface area (TPSA) is 27.2 Å². The molecule has 1 aliphatic rings. The maximum atomic E-state index is 13.3. The molecule has 0 radical (unpaired) electrons. The molecule has 1 aromatic heterocycles. The highest BCUT2D eigenvalue weighted by atomic mass is 32.1. The van der Waals surface area contributed by atoms with Gasteiger partial charge in [-0.1, -0.05) is 18.6 Å². The van der Waals surface area contributed by atoms with Crippen LogP contribution in [0.25, 0.3) is 0 Å². The molecule has 1 N–H and O–H groups in total. The van der Waals surface area contributed by atoms with Crippen LogP contribution in [0.15, 0.2) is 24.3 Å². The second-order valence-electron chi connectivity index (χ2n) is 6.08. The van der Waals surface area contributed by atoms with Gasteiger partial charge in [-0.2, -0.15) is 9.78 Å². The van der Waals surface area contributed by atoms with Crippen molar-refractivity contribution >= 4 is 12.2 Å². The maximum absolute atomic E-state index is 13.3. The number of benzene rings is 1. The number of nitrogens with zero attached hydrogens (tertiary/aromatic N) is 3. The molecule has 1 aromatic carbocycles. The van der Waals surface area contributed by atoms with Crippen LogP contribution in [0.5, 0.6) is 0 Å². The van der Waals surface area contributed by atoms with Gasteiger partial charge < -0.3 is 9.47 Å². The molecule has 1 unspecified atom stereocenters. The van der Waals surface area contributed by atoms with E-state index < -0.39 is 0 Å². The third-order valence-corrected chi connectivity index (χ3v) is 4.53. The maximum Gasteiger partial charge on any atom is 0.202 e. The number of fused-ring (bicyclic) bond motifs is 1. The second kappa shape index (κ2) is 6.71. The Kier molecular flexibility index (Phi) is 4.69. The van der Waals surface area contributed by atoms with Gasteiger partial charge in [0.25, 0.3) is 0 Å². The Morgan fingerprint density at radius 2 is 2.18 bits per heavy atom. The van der Waals surface area contributed by atoms with Gasteiger partial charge in [0.2, 0.25) is 4.77 Å². The first-order valence-corrected chi connectivity index (χ1v) is 8.26. The van der Waals surface area contributed by atoms with Crippen LogP contribution < -0.4 is 4.90 Å². The number of rotatable bonds is 4. The largest absolute Gasteiger partial charge is 0.315 e. The molecule has 0 spiro atoms. The molecule has 118 valence electrons. The van der Waals surface area contributed by atoms with Crippen molar-refractivity contribution in [2.75, 3.05) is 7.05 Å². The summed E-state index contributed by atoms with van der Waals surface area (Å²) >= 11 is 5.57. The van der Waals surface area contributed by atoms with Crippen molar-refractivity contribution in [3.8, 4) is 0 Å². The zero-order valence-electron chi connectivity index (χ0n) is 12.9. The average Bonchev–Trinajstić information content (AvgIpc) is 2.65. The van der Waals surface area contributed by atoms with E-state index in [-0.39, 0.29) is 5.82 Å². The molecular weight excluding hydrogens is 299 g/mol. The molecule has 1 atom stereocenters. The Balaban J connectivity index is 1.72. The molecule has 3 rings (SSSR count). The van der Waals surface area contributed by atoms with E-state index in [4.69, 9.17) is 17.3 Å². The van der Waals surface area contributed by atoms with Crippen LogP contribution in [-0.2, 0) is 26.2 Å².